The molecule has 0 aromatic heterocycles. The van der Waals surface area contributed by atoms with Gasteiger partial charge in [-0.3, -0.25) is 0 Å². The molecule has 3 heteroatoms. The van der Waals surface area contributed by atoms with Gasteiger partial charge in [-0.1, -0.05) is 61.7 Å². The van der Waals surface area contributed by atoms with Crippen molar-refractivity contribution < 1.29 is 0 Å². The van der Waals surface area contributed by atoms with Crippen molar-refractivity contribution in [3.05, 3.63) is 67.6 Å². The molecule has 19 heavy (non-hydrogen) atoms. The highest BCUT2D eigenvalue weighted by atomic mass is 79.9. The molecule has 0 aliphatic rings. The van der Waals surface area contributed by atoms with E-state index in [-0.39, 0.29) is 6.04 Å². The Morgan fingerprint density at radius 3 is 2.32 bits per heavy atom. The standard InChI is InChI=1S/C16H17Br2N/c1-10-4-5-11(2)14(8-10)16(19-3)13-7-6-12(17)9-15(13)18/h4-9,16,19H,1-3H3. The molecule has 0 aliphatic heterocycles. The SMILES string of the molecule is CNC(c1cc(C)ccc1C)c1ccc(Br)cc1Br. The van der Waals surface area contributed by atoms with Crippen LogP contribution >= 0.6 is 31.9 Å². The van der Waals surface area contributed by atoms with Crippen molar-refractivity contribution in [3.8, 4) is 0 Å². The number of hydrogen-bond donors (Lipinski definition) is 1. The first-order chi connectivity index (χ1) is 9.02. The molecule has 0 saturated heterocycles. The average molecular weight is 383 g/mol. The summed E-state index contributed by atoms with van der Waals surface area (Å²) in [7, 11) is 2.00. The van der Waals surface area contributed by atoms with Crippen molar-refractivity contribution in [1.29, 1.82) is 0 Å². The van der Waals surface area contributed by atoms with Crippen molar-refractivity contribution in [3.63, 3.8) is 0 Å². The Labute approximate surface area is 131 Å². The van der Waals surface area contributed by atoms with Gasteiger partial charge < -0.3 is 5.32 Å². The van der Waals surface area contributed by atoms with Gasteiger partial charge >= 0.3 is 0 Å². The number of aryl methyl sites for hydroxylation is 2. The third-order valence-electron chi connectivity index (χ3n) is 3.31. The number of benzene rings is 2. The van der Waals surface area contributed by atoms with E-state index in [1.54, 1.807) is 0 Å². The van der Waals surface area contributed by atoms with E-state index in [0.717, 1.165) is 8.95 Å². The molecule has 1 nitrogen and oxygen atoms in total. The quantitative estimate of drug-likeness (QED) is 0.775. The predicted octanol–water partition coefficient (Wildman–Crippen LogP) is 5.14. The lowest BCUT2D eigenvalue weighted by Gasteiger charge is -2.21. The van der Waals surface area contributed by atoms with Gasteiger partial charge in [0.2, 0.25) is 0 Å². The zero-order chi connectivity index (χ0) is 14.0. The summed E-state index contributed by atoms with van der Waals surface area (Å²) >= 11 is 7.16. The Balaban J connectivity index is 2.52. The maximum atomic E-state index is 3.66. The lowest BCUT2D eigenvalue weighted by atomic mass is 9.94. The van der Waals surface area contributed by atoms with E-state index in [1.165, 1.54) is 22.3 Å². The molecule has 1 N–H and O–H groups in total. The zero-order valence-corrected chi connectivity index (χ0v) is 14.5. The minimum absolute atomic E-state index is 0.197. The van der Waals surface area contributed by atoms with E-state index in [9.17, 15) is 0 Å². The van der Waals surface area contributed by atoms with Crippen LogP contribution in [0.5, 0.6) is 0 Å². The second-order valence-corrected chi connectivity index (χ2v) is 6.52. The van der Waals surface area contributed by atoms with Gasteiger partial charge in [0.1, 0.15) is 0 Å². The summed E-state index contributed by atoms with van der Waals surface area (Å²) in [5.74, 6) is 0. The Morgan fingerprint density at radius 2 is 1.68 bits per heavy atom. The molecule has 0 fully saturated rings. The van der Waals surface area contributed by atoms with Crippen LogP contribution in [0.3, 0.4) is 0 Å². The molecule has 0 heterocycles. The molecular weight excluding hydrogens is 366 g/mol. The lowest BCUT2D eigenvalue weighted by Crippen LogP contribution is -2.19. The molecule has 0 amide bonds. The molecule has 0 saturated carbocycles. The van der Waals surface area contributed by atoms with Crippen molar-refractivity contribution in [1.82, 2.24) is 5.32 Å². The summed E-state index contributed by atoms with van der Waals surface area (Å²) in [5, 5.41) is 3.42. The van der Waals surface area contributed by atoms with Crippen LogP contribution in [0.25, 0.3) is 0 Å². The van der Waals surface area contributed by atoms with Crippen molar-refractivity contribution in [2.45, 2.75) is 19.9 Å². The maximum absolute atomic E-state index is 3.66. The summed E-state index contributed by atoms with van der Waals surface area (Å²) in [5.41, 5.74) is 5.17. The second kappa shape index (κ2) is 6.21. The fourth-order valence-electron chi connectivity index (χ4n) is 2.29. The molecular formula is C16H17Br2N. The van der Waals surface area contributed by atoms with Crippen molar-refractivity contribution >= 4 is 31.9 Å². The minimum Gasteiger partial charge on any atom is -0.309 e. The van der Waals surface area contributed by atoms with Gasteiger partial charge in [0.25, 0.3) is 0 Å². The monoisotopic (exact) mass is 381 g/mol. The van der Waals surface area contributed by atoms with Crippen LogP contribution < -0.4 is 5.32 Å². The molecule has 100 valence electrons. The number of rotatable bonds is 3. The Kier molecular flexibility index (Phi) is 4.82. The van der Waals surface area contributed by atoms with Crippen LogP contribution in [-0.4, -0.2) is 7.05 Å². The van der Waals surface area contributed by atoms with Crippen LogP contribution in [0.4, 0.5) is 0 Å². The van der Waals surface area contributed by atoms with Crippen LogP contribution in [0.15, 0.2) is 45.3 Å². The van der Waals surface area contributed by atoms with Crippen LogP contribution in [0, 0.1) is 13.8 Å². The van der Waals surface area contributed by atoms with Crippen molar-refractivity contribution in [2.75, 3.05) is 7.05 Å². The van der Waals surface area contributed by atoms with Crippen LogP contribution in [0.2, 0.25) is 0 Å². The summed E-state index contributed by atoms with van der Waals surface area (Å²) in [4.78, 5) is 0. The molecule has 0 aliphatic carbocycles. The fraction of sp³-hybridized carbons (Fsp3) is 0.250. The summed E-state index contributed by atoms with van der Waals surface area (Å²) in [6.45, 7) is 4.29. The Morgan fingerprint density at radius 1 is 0.947 bits per heavy atom. The first-order valence-corrected chi connectivity index (χ1v) is 7.81. The van der Waals surface area contributed by atoms with Gasteiger partial charge in [0.05, 0.1) is 6.04 Å². The molecule has 0 radical (unpaired) electrons. The Hall–Kier alpha value is -0.640. The molecule has 2 aromatic carbocycles. The fourth-order valence-corrected chi connectivity index (χ4v) is 3.56. The van der Waals surface area contributed by atoms with E-state index in [1.807, 2.05) is 7.05 Å². The first-order valence-electron chi connectivity index (χ1n) is 6.22. The third kappa shape index (κ3) is 3.28. The number of halogens is 2. The molecule has 0 bridgehead atoms. The smallest absolute Gasteiger partial charge is 0.0588 e. The van der Waals surface area contributed by atoms with E-state index < -0.39 is 0 Å². The highest BCUT2D eigenvalue weighted by Gasteiger charge is 2.17. The molecule has 2 rings (SSSR count). The molecule has 1 atom stereocenters. The van der Waals surface area contributed by atoms with Gasteiger partial charge in [0, 0.05) is 8.95 Å². The molecule has 2 aromatic rings. The molecule has 1 unspecified atom stereocenters. The number of nitrogens with one attached hydrogen (secondary N) is 1. The predicted molar refractivity (Wildman–Crippen MR) is 88.7 cm³/mol. The second-order valence-electron chi connectivity index (χ2n) is 4.75. The van der Waals surface area contributed by atoms with Crippen LogP contribution in [-0.2, 0) is 0 Å². The third-order valence-corrected chi connectivity index (χ3v) is 4.49. The highest BCUT2D eigenvalue weighted by molar-refractivity contribution is 9.11. The Bertz CT molecular complexity index is 593. The van der Waals surface area contributed by atoms with Crippen LogP contribution in [0.1, 0.15) is 28.3 Å². The largest absolute Gasteiger partial charge is 0.309 e. The topological polar surface area (TPSA) is 12.0 Å². The minimum atomic E-state index is 0.197. The highest BCUT2D eigenvalue weighted by Crippen LogP contribution is 2.32. The zero-order valence-electron chi connectivity index (χ0n) is 11.3. The van der Waals surface area contributed by atoms with Gasteiger partial charge in [-0.15, -0.1) is 0 Å². The lowest BCUT2D eigenvalue weighted by molar-refractivity contribution is 0.684. The van der Waals surface area contributed by atoms with Gasteiger partial charge in [-0.05, 0) is 49.7 Å². The van der Waals surface area contributed by atoms with Gasteiger partial charge in [-0.2, -0.15) is 0 Å². The van der Waals surface area contributed by atoms with E-state index in [2.05, 4.69) is 87.4 Å². The maximum Gasteiger partial charge on any atom is 0.0588 e. The van der Waals surface area contributed by atoms with E-state index in [4.69, 9.17) is 0 Å². The summed E-state index contributed by atoms with van der Waals surface area (Å²) < 4.78 is 2.20. The van der Waals surface area contributed by atoms with E-state index >= 15 is 0 Å². The normalized spacial score (nSPS) is 12.5. The average Bonchev–Trinajstić information content (AvgIpc) is 2.36. The van der Waals surface area contributed by atoms with E-state index in [0.29, 0.717) is 0 Å². The van der Waals surface area contributed by atoms with Gasteiger partial charge in [-0.25, -0.2) is 0 Å². The summed E-state index contributed by atoms with van der Waals surface area (Å²) in [6.07, 6.45) is 0. The summed E-state index contributed by atoms with van der Waals surface area (Å²) in [6, 6.07) is 13.1. The van der Waals surface area contributed by atoms with Crippen molar-refractivity contribution in [2.24, 2.45) is 0 Å². The molecule has 0 spiro atoms. The number of hydrogen-bond acceptors (Lipinski definition) is 1. The van der Waals surface area contributed by atoms with Gasteiger partial charge in [0.15, 0.2) is 0 Å². The first kappa shape index (κ1) is 14.8.